The monoisotopic (exact) mass is 312 g/mol. The van der Waals surface area contributed by atoms with Gasteiger partial charge in [0.05, 0.1) is 0 Å². The van der Waals surface area contributed by atoms with E-state index >= 15 is 0 Å². The Morgan fingerprint density at radius 2 is 1.70 bits per heavy atom. The molecule has 3 rings (SSSR count). The number of carbonyl (C=O) groups excluding carboxylic acids is 2. The van der Waals surface area contributed by atoms with E-state index in [-0.39, 0.29) is 11.8 Å². The SMILES string of the molecule is O=C(NCCC1=CCCCC1)c1ccc(C(=O)NC2CC2)cc1. The van der Waals surface area contributed by atoms with Crippen molar-refractivity contribution in [3.8, 4) is 0 Å². The first kappa shape index (κ1) is 15.8. The molecule has 1 aromatic carbocycles. The van der Waals surface area contributed by atoms with Gasteiger partial charge >= 0.3 is 0 Å². The predicted octanol–water partition coefficient (Wildman–Crippen LogP) is 3.20. The molecule has 23 heavy (non-hydrogen) atoms. The minimum Gasteiger partial charge on any atom is -0.352 e. The molecule has 2 aliphatic carbocycles. The van der Waals surface area contributed by atoms with Gasteiger partial charge in [-0.15, -0.1) is 0 Å². The Kier molecular flexibility index (Phi) is 5.11. The summed E-state index contributed by atoms with van der Waals surface area (Å²) in [5, 5.41) is 5.90. The number of amides is 2. The summed E-state index contributed by atoms with van der Waals surface area (Å²) in [6.07, 6.45) is 10.3. The zero-order valence-electron chi connectivity index (χ0n) is 13.4. The van der Waals surface area contributed by atoms with E-state index in [4.69, 9.17) is 0 Å². The lowest BCUT2D eigenvalue weighted by atomic mass is 9.97. The lowest BCUT2D eigenvalue weighted by Crippen LogP contribution is -2.26. The third kappa shape index (κ3) is 4.68. The fourth-order valence-electron chi connectivity index (χ4n) is 2.84. The van der Waals surface area contributed by atoms with Gasteiger partial charge in [0.25, 0.3) is 11.8 Å². The summed E-state index contributed by atoms with van der Waals surface area (Å²) < 4.78 is 0. The zero-order chi connectivity index (χ0) is 16.1. The first-order valence-corrected chi connectivity index (χ1v) is 8.59. The van der Waals surface area contributed by atoms with Gasteiger partial charge in [-0.2, -0.15) is 0 Å². The maximum Gasteiger partial charge on any atom is 0.251 e. The van der Waals surface area contributed by atoms with Gasteiger partial charge in [-0.3, -0.25) is 9.59 Å². The summed E-state index contributed by atoms with van der Waals surface area (Å²) in [6.45, 7) is 0.675. The normalized spacial score (nSPS) is 17.3. The number of allylic oxidation sites excluding steroid dienone is 1. The Labute approximate surface area is 137 Å². The Morgan fingerprint density at radius 1 is 1.00 bits per heavy atom. The van der Waals surface area contributed by atoms with Crippen LogP contribution in [-0.2, 0) is 0 Å². The van der Waals surface area contributed by atoms with Gasteiger partial charge in [-0.05, 0) is 69.2 Å². The first-order chi connectivity index (χ1) is 11.2. The van der Waals surface area contributed by atoms with Crippen molar-refractivity contribution in [2.24, 2.45) is 0 Å². The molecule has 4 nitrogen and oxygen atoms in total. The highest BCUT2D eigenvalue weighted by atomic mass is 16.2. The Morgan fingerprint density at radius 3 is 2.30 bits per heavy atom. The summed E-state index contributed by atoms with van der Waals surface area (Å²) in [7, 11) is 0. The van der Waals surface area contributed by atoms with Crippen LogP contribution < -0.4 is 10.6 Å². The maximum atomic E-state index is 12.1. The molecule has 0 aromatic heterocycles. The van der Waals surface area contributed by atoms with E-state index in [0.717, 1.165) is 19.3 Å². The van der Waals surface area contributed by atoms with Crippen molar-refractivity contribution in [1.82, 2.24) is 10.6 Å². The highest BCUT2D eigenvalue weighted by Crippen LogP contribution is 2.20. The maximum absolute atomic E-state index is 12.1. The van der Waals surface area contributed by atoms with Gasteiger partial charge in [-0.25, -0.2) is 0 Å². The van der Waals surface area contributed by atoms with Gasteiger partial charge in [0.15, 0.2) is 0 Å². The molecule has 122 valence electrons. The molecular weight excluding hydrogens is 288 g/mol. The molecule has 2 aliphatic rings. The summed E-state index contributed by atoms with van der Waals surface area (Å²) in [4.78, 5) is 24.0. The second-order valence-electron chi connectivity index (χ2n) is 6.44. The molecule has 1 aromatic rings. The van der Waals surface area contributed by atoms with Crippen molar-refractivity contribution < 1.29 is 9.59 Å². The smallest absolute Gasteiger partial charge is 0.251 e. The number of carbonyl (C=O) groups is 2. The van der Waals surface area contributed by atoms with Gasteiger partial charge in [0, 0.05) is 23.7 Å². The number of benzene rings is 1. The molecule has 1 fully saturated rings. The number of hydrogen-bond acceptors (Lipinski definition) is 2. The summed E-state index contributed by atoms with van der Waals surface area (Å²) in [6, 6.07) is 7.22. The lowest BCUT2D eigenvalue weighted by Gasteiger charge is -2.13. The first-order valence-electron chi connectivity index (χ1n) is 8.59. The standard InChI is InChI=1S/C19H24N2O2/c22-18(20-13-12-14-4-2-1-3-5-14)15-6-8-16(9-7-15)19(23)21-17-10-11-17/h4,6-9,17H,1-3,5,10-13H2,(H,20,22)(H,21,23). The van der Waals surface area contributed by atoms with Crippen LogP contribution in [-0.4, -0.2) is 24.4 Å². The minimum absolute atomic E-state index is 0.0521. The zero-order valence-corrected chi connectivity index (χ0v) is 13.4. The van der Waals surface area contributed by atoms with Crippen molar-refractivity contribution in [2.45, 2.75) is 51.0 Å². The quantitative estimate of drug-likeness (QED) is 0.793. The van der Waals surface area contributed by atoms with Crippen LogP contribution in [0, 0.1) is 0 Å². The molecule has 0 atom stereocenters. The molecule has 1 saturated carbocycles. The summed E-state index contributed by atoms with van der Waals surface area (Å²) >= 11 is 0. The van der Waals surface area contributed by atoms with Crippen LogP contribution in [0.25, 0.3) is 0 Å². The molecule has 0 heterocycles. The van der Waals surface area contributed by atoms with Gasteiger partial charge in [0.1, 0.15) is 0 Å². The van der Waals surface area contributed by atoms with Crippen LogP contribution in [0.1, 0.15) is 65.7 Å². The molecule has 4 heteroatoms. The van der Waals surface area contributed by atoms with Crippen LogP contribution in [0.2, 0.25) is 0 Å². The van der Waals surface area contributed by atoms with Crippen LogP contribution in [0.15, 0.2) is 35.9 Å². The molecule has 2 amide bonds. The van der Waals surface area contributed by atoms with E-state index in [1.54, 1.807) is 24.3 Å². The molecule has 0 unspecified atom stereocenters. The molecule has 0 radical (unpaired) electrons. The highest BCUT2D eigenvalue weighted by molar-refractivity contribution is 5.98. The third-order valence-electron chi connectivity index (χ3n) is 4.44. The highest BCUT2D eigenvalue weighted by Gasteiger charge is 2.23. The summed E-state index contributed by atoms with van der Waals surface area (Å²) in [5.74, 6) is -0.126. The minimum atomic E-state index is -0.0736. The average Bonchev–Trinajstić information content (AvgIpc) is 3.40. The van der Waals surface area contributed by atoms with Crippen molar-refractivity contribution >= 4 is 11.8 Å². The fraction of sp³-hybridized carbons (Fsp3) is 0.474. The molecule has 2 N–H and O–H groups in total. The Hall–Kier alpha value is -2.10. The molecule has 0 aliphatic heterocycles. The van der Waals surface area contributed by atoms with E-state index in [1.165, 1.54) is 31.3 Å². The summed E-state index contributed by atoms with van der Waals surface area (Å²) in [5.41, 5.74) is 2.68. The van der Waals surface area contributed by atoms with Crippen LogP contribution in [0.5, 0.6) is 0 Å². The van der Waals surface area contributed by atoms with Gasteiger partial charge in [0.2, 0.25) is 0 Å². The lowest BCUT2D eigenvalue weighted by molar-refractivity contribution is 0.0940. The topological polar surface area (TPSA) is 58.2 Å². The van der Waals surface area contributed by atoms with E-state index in [1.807, 2.05) is 0 Å². The number of nitrogens with one attached hydrogen (secondary N) is 2. The van der Waals surface area contributed by atoms with Crippen molar-refractivity contribution in [2.75, 3.05) is 6.54 Å². The Bertz CT molecular complexity index is 600. The van der Waals surface area contributed by atoms with E-state index in [9.17, 15) is 9.59 Å². The molecule has 0 saturated heterocycles. The van der Waals surface area contributed by atoms with Crippen LogP contribution in [0.4, 0.5) is 0 Å². The predicted molar refractivity (Wildman–Crippen MR) is 90.4 cm³/mol. The van der Waals surface area contributed by atoms with Gasteiger partial charge < -0.3 is 10.6 Å². The van der Waals surface area contributed by atoms with E-state index in [2.05, 4.69) is 16.7 Å². The number of rotatable bonds is 6. The Balaban J connectivity index is 1.46. The largest absolute Gasteiger partial charge is 0.352 e. The van der Waals surface area contributed by atoms with Crippen LogP contribution >= 0.6 is 0 Å². The third-order valence-corrected chi connectivity index (χ3v) is 4.44. The van der Waals surface area contributed by atoms with E-state index in [0.29, 0.717) is 23.7 Å². The molecule has 0 spiro atoms. The van der Waals surface area contributed by atoms with Gasteiger partial charge in [-0.1, -0.05) is 11.6 Å². The fourth-order valence-corrected chi connectivity index (χ4v) is 2.84. The van der Waals surface area contributed by atoms with Crippen molar-refractivity contribution in [1.29, 1.82) is 0 Å². The average molecular weight is 312 g/mol. The second-order valence-corrected chi connectivity index (χ2v) is 6.44. The molecule has 0 bridgehead atoms. The van der Waals surface area contributed by atoms with Crippen molar-refractivity contribution in [3.63, 3.8) is 0 Å². The molecular formula is C19H24N2O2. The second kappa shape index (κ2) is 7.44. The van der Waals surface area contributed by atoms with Crippen LogP contribution in [0.3, 0.4) is 0 Å². The number of hydrogen-bond donors (Lipinski definition) is 2. The van der Waals surface area contributed by atoms with E-state index < -0.39 is 0 Å². The van der Waals surface area contributed by atoms with Crippen molar-refractivity contribution in [3.05, 3.63) is 47.0 Å².